The van der Waals surface area contributed by atoms with Gasteiger partial charge in [0, 0.05) is 37.4 Å². The Labute approximate surface area is 152 Å². The molecule has 7 heteroatoms. The second-order valence-corrected chi connectivity index (χ2v) is 6.38. The zero-order chi connectivity index (χ0) is 18.5. The van der Waals surface area contributed by atoms with Crippen molar-refractivity contribution in [1.82, 2.24) is 15.3 Å². The van der Waals surface area contributed by atoms with Gasteiger partial charge in [0.25, 0.3) is 5.91 Å². The quantitative estimate of drug-likeness (QED) is 0.571. The third-order valence-corrected chi connectivity index (χ3v) is 4.44. The molecule has 0 atom stereocenters. The van der Waals surface area contributed by atoms with Crippen molar-refractivity contribution < 1.29 is 14.8 Å². The number of hydrogen-bond acceptors (Lipinski definition) is 4. The first-order valence-electron chi connectivity index (χ1n) is 8.42. The molecule has 26 heavy (non-hydrogen) atoms. The molecule has 1 aliphatic rings. The molecule has 0 radical (unpaired) electrons. The number of benzene rings is 2. The summed E-state index contributed by atoms with van der Waals surface area (Å²) >= 11 is 0. The third kappa shape index (κ3) is 4.19. The van der Waals surface area contributed by atoms with Crippen LogP contribution in [0.4, 0.5) is 10.5 Å². The van der Waals surface area contributed by atoms with Gasteiger partial charge in [-0.25, -0.2) is 10.3 Å². The maximum atomic E-state index is 12.7. The molecule has 0 unspecified atom stereocenters. The molecular weight excluding hydrogens is 332 g/mol. The minimum Gasteiger partial charge on any atom is -0.319 e. The van der Waals surface area contributed by atoms with Crippen LogP contribution in [0.15, 0.2) is 48.5 Å². The lowest BCUT2D eigenvalue weighted by Gasteiger charge is -2.30. The number of para-hydroxylation sites is 1. The molecule has 3 amide bonds. The van der Waals surface area contributed by atoms with Crippen molar-refractivity contribution in [2.75, 3.05) is 25.5 Å². The second kappa shape index (κ2) is 7.99. The molecule has 0 saturated carbocycles. The fourth-order valence-electron chi connectivity index (χ4n) is 2.98. The molecule has 0 saturated heterocycles. The predicted octanol–water partition coefficient (Wildman–Crippen LogP) is 2.29. The normalized spacial score (nSPS) is 14.8. The van der Waals surface area contributed by atoms with E-state index in [4.69, 9.17) is 5.21 Å². The van der Waals surface area contributed by atoms with E-state index in [1.807, 2.05) is 43.4 Å². The molecule has 2 aromatic rings. The highest BCUT2D eigenvalue weighted by molar-refractivity contribution is 5.93. The van der Waals surface area contributed by atoms with Crippen LogP contribution in [-0.4, -0.2) is 47.1 Å². The van der Waals surface area contributed by atoms with Crippen molar-refractivity contribution in [1.29, 1.82) is 0 Å². The maximum absolute atomic E-state index is 12.7. The number of amides is 3. The Morgan fingerprint density at radius 1 is 1.00 bits per heavy atom. The summed E-state index contributed by atoms with van der Waals surface area (Å²) in [6.45, 7) is 2.46. The van der Waals surface area contributed by atoms with Crippen LogP contribution in [0.2, 0.25) is 0 Å². The van der Waals surface area contributed by atoms with Crippen LogP contribution in [0.25, 0.3) is 0 Å². The van der Waals surface area contributed by atoms with Gasteiger partial charge in [-0.2, -0.15) is 0 Å². The molecule has 136 valence electrons. The minimum absolute atomic E-state index is 0.186. The van der Waals surface area contributed by atoms with Gasteiger partial charge in [-0.1, -0.05) is 24.3 Å². The molecule has 0 aromatic heterocycles. The highest BCUT2D eigenvalue weighted by atomic mass is 16.5. The van der Waals surface area contributed by atoms with Gasteiger partial charge in [-0.15, -0.1) is 0 Å². The Bertz CT molecular complexity index is 795. The maximum Gasteiger partial charge on any atom is 0.322 e. The number of anilines is 1. The Kier molecular flexibility index (Phi) is 5.50. The fourth-order valence-corrected chi connectivity index (χ4v) is 2.98. The molecule has 3 N–H and O–H groups in total. The van der Waals surface area contributed by atoms with E-state index in [1.165, 1.54) is 0 Å². The molecule has 3 rings (SSSR count). The van der Waals surface area contributed by atoms with Crippen LogP contribution in [0.3, 0.4) is 0 Å². The standard InChI is InChI=1S/C19H22N4O3/c1-22-9-10-23(19(25)20-17-5-3-2-4-6-17)13-16-11-14(18(24)21-26)7-8-15(16)12-22/h2-8,11,26H,9-10,12-13H2,1H3,(H,20,25)(H,21,24). The summed E-state index contributed by atoms with van der Waals surface area (Å²) < 4.78 is 0. The molecule has 0 bridgehead atoms. The Morgan fingerprint density at radius 2 is 1.77 bits per heavy atom. The molecule has 0 fully saturated rings. The van der Waals surface area contributed by atoms with Crippen molar-refractivity contribution in [2.24, 2.45) is 0 Å². The molecule has 2 aromatic carbocycles. The highest BCUT2D eigenvalue weighted by Crippen LogP contribution is 2.19. The van der Waals surface area contributed by atoms with Crippen molar-refractivity contribution >= 4 is 17.6 Å². The predicted molar refractivity (Wildman–Crippen MR) is 97.9 cm³/mol. The van der Waals surface area contributed by atoms with E-state index < -0.39 is 5.91 Å². The average Bonchev–Trinajstić information content (AvgIpc) is 2.64. The van der Waals surface area contributed by atoms with Crippen molar-refractivity contribution in [2.45, 2.75) is 13.1 Å². The van der Waals surface area contributed by atoms with Gasteiger partial charge in [0.2, 0.25) is 0 Å². The fraction of sp³-hybridized carbons (Fsp3) is 0.263. The first kappa shape index (κ1) is 17.9. The Hall–Kier alpha value is -2.90. The molecular formula is C19H22N4O3. The van der Waals surface area contributed by atoms with E-state index >= 15 is 0 Å². The van der Waals surface area contributed by atoms with E-state index in [0.29, 0.717) is 18.7 Å². The summed E-state index contributed by atoms with van der Waals surface area (Å²) in [5, 5.41) is 11.8. The highest BCUT2D eigenvalue weighted by Gasteiger charge is 2.21. The molecule has 1 aliphatic heterocycles. The van der Waals surface area contributed by atoms with Crippen molar-refractivity contribution in [3.8, 4) is 0 Å². The Balaban J connectivity index is 1.84. The summed E-state index contributed by atoms with van der Waals surface area (Å²) in [5.41, 5.74) is 4.69. The number of likely N-dealkylation sites (N-methyl/N-ethyl adjacent to an activating group) is 1. The van der Waals surface area contributed by atoms with Gasteiger partial charge in [0.15, 0.2) is 0 Å². The number of nitrogens with one attached hydrogen (secondary N) is 2. The smallest absolute Gasteiger partial charge is 0.319 e. The lowest BCUT2D eigenvalue weighted by atomic mass is 10.0. The van der Waals surface area contributed by atoms with Crippen LogP contribution >= 0.6 is 0 Å². The molecule has 0 aliphatic carbocycles. The zero-order valence-corrected chi connectivity index (χ0v) is 14.6. The van der Waals surface area contributed by atoms with E-state index in [0.717, 1.165) is 29.9 Å². The van der Waals surface area contributed by atoms with E-state index in [9.17, 15) is 9.59 Å². The molecule has 0 spiro atoms. The number of urea groups is 1. The van der Waals surface area contributed by atoms with E-state index in [-0.39, 0.29) is 6.03 Å². The van der Waals surface area contributed by atoms with E-state index in [1.54, 1.807) is 22.5 Å². The van der Waals surface area contributed by atoms with Gasteiger partial charge in [0.1, 0.15) is 0 Å². The van der Waals surface area contributed by atoms with Crippen LogP contribution < -0.4 is 10.8 Å². The third-order valence-electron chi connectivity index (χ3n) is 4.44. The summed E-state index contributed by atoms with van der Waals surface area (Å²) in [7, 11) is 2.00. The average molecular weight is 354 g/mol. The number of nitrogens with zero attached hydrogens (tertiary/aromatic N) is 2. The van der Waals surface area contributed by atoms with Gasteiger partial charge >= 0.3 is 6.03 Å². The van der Waals surface area contributed by atoms with Gasteiger partial charge < -0.3 is 15.1 Å². The second-order valence-electron chi connectivity index (χ2n) is 6.38. The zero-order valence-electron chi connectivity index (χ0n) is 14.6. The number of fused-ring (bicyclic) bond motifs is 1. The Morgan fingerprint density at radius 3 is 2.50 bits per heavy atom. The largest absolute Gasteiger partial charge is 0.322 e. The van der Waals surface area contributed by atoms with Crippen LogP contribution in [-0.2, 0) is 13.1 Å². The van der Waals surface area contributed by atoms with Gasteiger partial charge in [-0.3, -0.25) is 10.0 Å². The first-order valence-corrected chi connectivity index (χ1v) is 8.42. The van der Waals surface area contributed by atoms with Crippen LogP contribution in [0.1, 0.15) is 21.5 Å². The van der Waals surface area contributed by atoms with Crippen molar-refractivity contribution in [3.63, 3.8) is 0 Å². The number of hydrogen-bond donors (Lipinski definition) is 3. The number of hydroxylamine groups is 1. The van der Waals surface area contributed by atoms with Gasteiger partial charge in [0.05, 0.1) is 0 Å². The van der Waals surface area contributed by atoms with Crippen LogP contribution in [0.5, 0.6) is 0 Å². The number of carbonyl (C=O) groups is 2. The SMILES string of the molecule is CN1CCN(C(=O)Nc2ccccc2)Cc2cc(C(=O)NO)ccc2C1. The molecule has 7 nitrogen and oxygen atoms in total. The summed E-state index contributed by atoms with van der Waals surface area (Å²) in [4.78, 5) is 28.3. The number of carbonyl (C=O) groups excluding carboxylic acids is 2. The summed E-state index contributed by atoms with van der Waals surface area (Å²) in [6.07, 6.45) is 0. The van der Waals surface area contributed by atoms with Gasteiger partial charge in [-0.05, 0) is 42.4 Å². The summed E-state index contributed by atoms with van der Waals surface area (Å²) in [6, 6.07) is 14.4. The lowest BCUT2D eigenvalue weighted by Crippen LogP contribution is -2.41. The lowest BCUT2D eigenvalue weighted by molar-refractivity contribution is 0.0706. The minimum atomic E-state index is -0.566. The monoisotopic (exact) mass is 354 g/mol. The van der Waals surface area contributed by atoms with Crippen molar-refractivity contribution in [3.05, 3.63) is 65.2 Å². The number of rotatable bonds is 2. The van der Waals surface area contributed by atoms with Crippen LogP contribution in [0, 0.1) is 0 Å². The summed E-state index contributed by atoms with van der Waals surface area (Å²) in [5.74, 6) is -0.566. The first-order chi connectivity index (χ1) is 12.6. The molecule has 1 heterocycles. The topological polar surface area (TPSA) is 84.9 Å². The van der Waals surface area contributed by atoms with E-state index in [2.05, 4.69) is 10.2 Å².